The molecule has 2 heterocycles. The molecule has 2 rings (SSSR count). The molecule has 114 valence electrons. The van der Waals surface area contributed by atoms with E-state index < -0.39 is 9.84 Å². The summed E-state index contributed by atoms with van der Waals surface area (Å²) in [5.74, 6) is 0.257. The molecule has 6 nitrogen and oxygen atoms in total. The van der Waals surface area contributed by atoms with Crippen LogP contribution in [0.1, 0.15) is 12.0 Å². The minimum Gasteiger partial charge on any atom is -0.374 e. The van der Waals surface area contributed by atoms with Gasteiger partial charge >= 0.3 is 0 Å². The first kappa shape index (κ1) is 15.5. The molecular weight excluding hydrogens is 278 g/mol. The smallest absolute Gasteiger partial charge is 0.147 e. The SMILES string of the molecule is Cc1cnn(C[C@@H]2CN(CCCS(C)(=O)=O)CCO2)c1. The van der Waals surface area contributed by atoms with Crippen molar-refractivity contribution >= 4 is 9.84 Å². The zero-order chi connectivity index (χ0) is 14.6. The summed E-state index contributed by atoms with van der Waals surface area (Å²) in [4.78, 5) is 2.27. The van der Waals surface area contributed by atoms with Crippen molar-refractivity contribution in [2.75, 3.05) is 38.2 Å². The predicted molar refractivity (Wildman–Crippen MR) is 77.5 cm³/mol. The van der Waals surface area contributed by atoms with Gasteiger partial charge in [0.15, 0.2) is 0 Å². The van der Waals surface area contributed by atoms with Crippen molar-refractivity contribution in [3.63, 3.8) is 0 Å². The first-order valence-corrected chi connectivity index (χ1v) is 8.99. The summed E-state index contributed by atoms with van der Waals surface area (Å²) >= 11 is 0. The summed E-state index contributed by atoms with van der Waals surface area (Å²) in [6.07, 6.45) is 5.95. The van der Waals surface area contributed by atoms with E-state index in [4.69, 9.17) is 4.74 Å². The molecule has 1 atom stereocenters. The summed E-state index contributed by atoms with van der Waals surface area (Å²) in [5, 5.41) is 4.27. The van der Waals surface area contributed by atoms with E-state index in [9.17, 15) is 8.42 Å². The van der Waals surface area contributed by atoms with Crippen LogP contribution < -0.4 is 0 Å². The lowest BCUT2D eigenvalue weighted by Gasteiger charge is -2.32. The molecule has 1 aromatic rings. The zero-order valence-electron chi connectivity index (χ0n) is 12.2. The van der Waals surface area contributed by atoms with Gasteiger partial charge in [-0.15, -0.1) is 0 Å². The number of nitrogens with zero attached hydrogens (tertiary/aromatic N) is 3. The highest BCUT2D eigenvalue weighted by atomic mass is 32.2. The molecule has 0 spiro atoms. The second kappa shape index (κ2) is 6.69. The van der Waals surface area contributed by atoms with E-state index in [0.717, 1.165) is 31.7 Å². The number of morpholine rings is 1. The fourth-order valence-corrected chi connectivity index (χ4v) is 3.07. The Kier molecular flexibility index (Phi) is 5.17. The third kappa shape index (κ3) is 5.22. The molecule has 0 unspecified atom stereocenters. The van der Waals surface area contributed by atoms with Gasteiger partial charge in [0.25, 0.3) is 0 Å². The fraction of sp³-hybridized carbons (Fsp3) is 0.769. The maximum atomic E-state index is 11.1. The van der Waals surface area contributed by atoms with Crippen LogP contribution in [-0.2, 0) is 21.1 Å². The molecule has 20 heavy (non-hydrogen) atoms. The highest BCUT2D eigenvalue weighted by Crippen LogP contribution is 2.09. The van der Waals surface area contributed by atoms with E-state index in [1.54, 1.807) is 0 Å². The molecule has 1 aromatic heterocycles. The number of rotatable bonds is 6. The normalized spacial score (nSPS) is 21.2. The van der Waals surface area contributed by atoms with Crippen molar-refractivity contribution in [3.8, 4) is 0 Å². The standard InChI is InChI=1S/C13H23N3O3S/c1-12-8-14-16(9-12)11-13-10-15(5-6-19-13)4-3-7-20(2,17)18/h8-9,13H,3-7,10-11H2,1-2H3/t13-/m0/s1. The van der Waals surface area contributed by atoms with E-state index in [2.05, 4.69) is 10.00 Å². The van der Waals surface area contributed by atoms with Crippen LogP contribution in [0.2, 0.25) is 0 Å². The molecule has 1 fully saturated rings. The molecule has 0 saturated carbocycles. The van der Waals surface area contributed by atoms with Crippen LogP contribution in [0.4, 0.5) is 0 Å². The topological polar surface area (TPSA) is 64.4 Å². The van der Waals surface area contributed by atoms with E-state index in [1.165, 1.54) is 6.26 Å². The Balaban J connectivity index is 1.76. The first-order valence-electron chi connectivity index (χ1n) is 6.93. The third-order valence-electron chi connectivity index (χ3n) is 3.37. The molecule has 1 saturated heterocycles. The number of hydrogen-bond acceptors (Lipinski definition) is 5. The molecule has 7 heteroatoms. The number of aryl methyl sites for hydroxylation is 1. The van der Waals surface area contributed by atoms with Gasteiger partial charge < -0.3 is 4.74 Å². The lowest BCUT2D eigenvalue weighted by molar-refractivity contribution is -0.0372. The van der Waals surface area contributed by atoms with Crippen molar-refractivity contribution in [1.29, 1.82) is 0 Å². The van der Waals surface area contributed by atoms with Gasteiger partial charge in [-0.05, 0) is 25.5 Å². The van der Waals surface area contributed by atoms with Crippen molar-refractivity contribution in [3.05, 3.63) is 18.0 Å². The minimum absolute atomic E-state index is 0.126. The average Bonchev–Trinajstić information content (AvgIpc) is 2.73. The molecule has 1 aliphatic heterocycles. The summed E-state index contributed by atoms with van der Waals surface area (Å²) in [6.45, 7) is 5.98. The maximum Gasteiger partial charge on any atom is 0.147 e. The largest absolute Gasteiger partial charge is 0.374 e. The second-order valence-electron chi connectivity index (χ2n) is 5.52. The summed E-state index contributed by atoms with van der Waals surface area (Å²) in [6, 6.07) is 0. The van der Waals surface area contributed by atoms with Crippen molar-refractivity contribution in [2.24, 2.45) is 0 Å². The Bertz CT molecular complexity index is 527. The molecule has 0 bridgehead atoms. The molecule has 0 aromatic carbocycles. The minimum atomic E-state index is -2.86. The lowest BCUT2D eigenvalue weighted by Crippen LogP contribution is -2.44. The van der Waals surface area contributed by atoms with Gasteiger partial charge in [0.2, 0.25) is 0 Å². The molecular formula is C13H23N3O3S. The Labute approximate surface area is 120 Å². The van der Waals surface area contributed by atoms with Crippen LogP contribution in [0.5, 0.6) is 0 Å². The van der Waals surface area contributed by atoms with Crippen LogP contribution in [0.15, 0.2) is 12.4 Å². The predicted octanol–water partition coefficient (Wildman–Crippen LogP) is 0.327. The Morgan fingerprint density at radius 2 is 2.30 bits per heavy atom. The van der Waals surface area contributed by atoms with Crippen LogP contribution >= 0.6 is 0 Å². The van der Waals surface area contributed by atoms with Gasteiger partial charge in [0.1, 0.15) is 9.84 Å². The van der Waals surface area contributed by atoms with E-state index in [1.807, 2.05) is 24.0 Å². The van der Waals surface area contributed by atoms with E-state index >= 15 is 0 Å². The summed E-state index contributed by atoms with van der Waals surface area (Å²) in [7, 11) is -2.86. The summed E-state index contributed by atoms with van der Waals surface area (Å²) in [5.41, 5.74) is 1.14. The zero-order valence-corrected chi connectivity index (χ0v) is 13.0. The molecule has 0 N–H and O–H groups in total. The van der Waals surface area contributed by atoms with Crippen LogP contribution in [0.3, 0.4) is 0 Å². The second-order valence-corrected chi connectivity index (χ2v) is 7.78. The molecule has 0 aliphatic carbocycles. The average molecular weight is 301 g/mol. The van der Waals surface area contributed by atoms with Gasteiger partial charge in [-0.1, -0.05) is 0 Å². The maximum absolute atomic E-state index is 11.1. The molecule has 0 amide bonds. The number of aromatic nitrogens is 2. The number of sulfone groups is 1. The van der Waals surface area contributed by atoms with Crippen molar-refractivity contribution in [1.82, 2.24) is 14.7 Å². The Morgan fingerprint density at radius 1 is 1.50 bits per heavy atom. The fourth-order valence-electron chi connectivity index (χ4n) is 2.42. The third-order valence-corrected chi connectivity index (χ3v) is 4.40. The van der Waals surface area contributed by atoms with Gasteiger partial charge in [-0.2, -0.15) is 5.10 Å². The van der Waals surface area contributed by atoms with Gasteiger partial charge in [0, 0.05) is 25.5 Å². The highest BCUT2D eigenvalue weighted by molar-refractivity contribution is 7.90. The monoisotopic (exact) mass is 301 g/mol. The van der Waals surface area contributed by atoms with E-state index in [-0.39, 0.29) is 11.9 Å². The van der Waals surface area contributed by atoms with Gasteiger partial charge in [0.05, 0.1) is 31.2 Å². The van der Waals surface area contributed by atoms with Gasteiger partial charge in [-0.3, -0.25) is 9.58 Å². The highest BCUT2D eigenvalue weighted by Gasteiger charge is 2.21. The molecule has 1 aliphatic rings. The molecule has 0 radical (unpaired) electrons. The Hall–Kier alpha value is -0.920. The van der Waals surface area contributed by atoms with E-state index in [0.29, 0.717) is 13.0 Å². The van der Waals surface area contributed by atoms with Crippen molar-refractivity contribution in [2.45, 2.75) is 26.0 Å². The quantitative estimate of drug-likeness (QED) is 0.757. The van der Waals surface area contributed by atoms with Crippen molar-refractivity contribution < 1.29 is 13.2 Å². The van der Waals surface area contributed by atoms with Crippen LogP contribution in [-0.4, -0.2) is 67.5 Å². The van der Waals surface area contributed by atoms with Gasteiger partial charge in [-0.25, -0.2) is 8.42 Å². The lowest BCUT2D eigenvalue weighted by atomic mass is 10.2. The van der Waals surface area contributed by atoms with Crippen LogP contribution in [0.25, 0.3) is 0 Å². The summed E-state index contributed by atoms with van der Waals surface area (Å²) < 4.78 is 29.9. The number of ether oxygens (including phenoxy) is 1. The first-order chi connectivity index (χ1) is 9.42. The van der Waals surface area contributed by atoms with Crippen LogP contribution in [0, 0.1) is 6.92 Å². The number of hydrogen-bond donors (Lipinski definition) is 0. The Morgan fingerprint density at radius 3 is 2.95 bits per heavy atom.